The number of hydrogen-bond donors (Lipinski definition) is 2. The van der Waals surface area contributed by atoms with Gasteiger partial charge >= 0.3 is 13.3 Å². The van der Waals surface area contributed by atoms with E-state index in [2.05, 4.69) is 10.3 Å². The monoisotopic (exact) mass is 398 g/mol. The number of aromatic nitrogens is 1. The molecule has 4 rings (SSSR count). The molecule has 3 aromatic rings. The van der Waals surface area contributed by atoms with Crippen molar-refractivity contribution in [2.75, 3.05) is 5.32 Å². The van der Waals surface area contributed by atoms with Gasteiger partial charge in [-0.05, 0) is 58.6 Å². The number of nitrogens with zero attached hydrogens (tertiary/aromatic N) is 1. The molecular formula is C20H14BF3N2O3. The zero-order chi connectivity index (χ0) is 20.6. The largest absolute Gasteiger partial charge is 0.491 e. The highest BCUT2D eigenvalue weighted by atomic mass is 19.4. The zero-order valence-electron chi connectivity index (χ0n) is 14.9. The summed E-state index contributed by atoms with van der Waals surface area (Å²) >= 11 is 0. The highest BCUT2D eigenvalue weighted by molar-refractivity contribution is 6.61. The lowest BCUT2D eigenvalue weighted by Gasteiger charge is -2.10. The van der Waals surface area contributed by atoms with E-state index in [1.165, 1.54) is 24.4 Å². The van der Waals surface area contributed by atoms with Crippen molar-refractivity contribution >= 4 is 24.2 Å². The average molecular weight is 398 g/mol. The van der Waals surface area contributed by atoms with Crippen LogP contribution < -0.4 is 10.8 Å². The molecule has 1 amide bonds. The number of carbonyl (C=O) groups is 1. The molecule has 0 atom stereocenters. The van der Waals surface area contributed by atoms with Crippen LogP contribution in [0.1, 0.15) is 21.6 Å². The molecule has 0 unspecified atom stereocenters. The summed E-state index contributed by atoms with van der Waals surface area (Å²) < 4.78 is 44.0. The highest BCUT2D eigenvalue weighted by Crippen LogP contribution is 2.32. The minimum Gasteiger partial charge on any atom is -0.423 e. The molecule has 0 saturated carbocycles. The fourth-order valence-corrected chi connectivity index (χ4v) is 3.11. The van der Waals surface area contributed by atoms with Gasteiger partial charge in [-0.25, -0.2) is 0 Å². The smallest absolute Gasteiger partial charge is 0.423 e. The third kappa shape index (κ3) is 4.01. The minimum absolute atomic E-state index is 0.0664. The molecule has 1 aliphatic rings. The van der Waals surface area contributed by atoms with E-state index in [1.807, 2.05) is 0 Å². The van der Waals surface area contributed by atoms with Crippen LogP contribution in [0.5, 0.6) is 0 Å². The van der Waals surface area contributed by atoms with Gasteiger partial charge in [-0.15, -0.1) is 0 Å². The molecule has 9 heteroatoms. The summed E-state index contributed by atoms with van der Waals surface area (Å²) in [5.41, 5.74) is 1.99. The van der Waals surface area contributed by atoms with Crippen molar-refractivity contribution in [3.05, 3.63) is 77.6 Å². The molecule has 0 bridgehead atoms. The van der Waals surface area contributed by atoms with Gasteiger partial charge in [0.2, 0.25) is 0 Å². The lowest BCUT2D eigenvalue weighted by Crippen LogP contribution is -2.28. The Kier molecular flexibility index (Phi) is 4.85. The Bertz CT molecular complexity index is 1090. The topological polar surface area (TPSA) is 71.5 Å². The number of carbonyl (C=O) groups excluding carboxylic acids is 1. The van der Waals surface area contributed by atoms with Crippen LogP contribution in [0.25, 0.3) is 11.1 Å². The highest BCUT2D eigenvalue weighted by Gasteiger charge is 2.30. The number of hydrogen-bond acceptors (Lipinski definition) is 4. The van der Waals surface area contributed by atoms with Gasteiger partial charge in [0.1, 0.15) is 5.69 Å². The summed E-state index contributed by atoms with van der Waals surface area (Å²) in [6.45, 7) is 0.240. The summed E-state index contributed by atoms with van der Waals surface area (Å²) in [6.07, 6.45) is -3.08. The first-order valence-electron chi connectivity index (χ1n) is 8.69. The Morgan fingerprint density at radius 1 is 1.10 bits per heavy atom. The standard InChI is InChI=1S/C20H14BF3N2O3/c22-20(23,24)15-3-1-2-12(8-15)13-6-7-25-18(10-13)19(27)26-16-4-5-17-14(9-16)11-29-21(17)28/h1-10,28H,11H2,(H,26,27). The molecule has 2 aromatic carbocycles. The van der Waals surface area contributed by atoms with Gasteiger partial charge in [0, 0.05) is 11.9 Å². The third-order valence-electron chi connectivity index (χ3n) is 4.58. The van der Waals surface area contributed by atoms with Crippen LogP contribution in [0, 0.1) is 0 Å². The van der Waals surface area contributed by atoms with Crippen LogP contribution >= 0.6 is 0 Å². The van der Waals surface area contributed by atoms with E-state index in [4.69, 9.17) is 4.65 Å². The van der Waals surface area contributed by atoms with E-state index in [9.17, 15) is 23.0 Å². The predicted molar refractivity (Wildman–Crippen MR) is 101 cm³/mol. The van der Waals surface area contributed by atoms with Crippen LogP contribution in [-0.2, 0) is 17.4 Å². The second-order valence-electron chi connectivity index (χ2n) is 6.54. The fourth-order valence-electron chi connectivity index (χ4n) is 3.11. The van der Waals surface area contributed by atoms with E-state index in [0.717, 1.165) is 17.7 Å². The van der Waals surface area contributed by atoms with Gasteiger partial charge in [-0.1, -0.05) is 18.2 Å². The number of benzene rings is 2. The molecule has 1 aromatic heterocycles. The Hall–Kier alpha value is -3.17. The number of rotatable bonds is 3. The molecule has 146 valence electrons. The average Bonchev–Trinajstić information content (AvgIpc) is 3.08. The van der Waals surface area contributed by atoms with Gasteiger partial charge in [0.15, 0.2) is 0 Å². The Labute approximate surface area is 164 Å². The number of pyridine rings is 1. The molecule has 0 fully saturated rings. The summed E-state index contributed by atoms with van der Waals surface area (Å²) in [6, 6.07) is 12.8. The number of nitrogens with one attached hydrogen (secondary N) is 1. The second kappa shape index (κ2) is 7.34. The summed E-state index contributed by atoms with van der Waals surface area (Å²) in [5.74, 6) is -0.502. The van der Waals surface area contributed by atoms with Crippen LogP contribution in [0.15, 0.2) is 60.8 Å². The molecule has 5 nitrogen and oxygen atoms in total. The van der Waals surface area contributed by atoms with Crippen molar-refractivity contribution in [1.29, 1.82) is 0 Å². The summed E-state index contributed by atoms with van der Waals surface area (Å²) in [5, 5.41) is 12.3. The Balaban J connectivity index is 1.57. The number of halogens is 3. The minimum atomic E-state index is -4.45. The van der Waals surface area contributed by atoms with Crippen molar-refractivity contribution < 1.29 is 27.6 Å². The first kappa shape index (κ1) is 19.2. The predicted octanol–water partition coefficient (Wildman–Crippen LogP) is 3.24. The third-order valence-corrected chi connectivity index (χ3v) is 4.58. The number of anilines is 1. The molecule has 0 radical (unpaired) electrons. The van der Waals surface area contributed by atoms with Crippen molar-refractivity contribution in [2.24, 2.45) is 0 Å². The molecule has 0 saturated heterocycles. The second-order valence-corrected chi connectivity index (χ2v) is 6.54. The maximum absolute atomic E-state index is 13.0. The Morgan fingerprint density at radius 2 is 1.90 bits per heavy atom. The summed E-state index contributed by atoms with van der Waals surface area (Å²) in [4.78, 5) is 16.6. The van der Waals surface area contributed by atoms with Crippen LogP contribution in [0.3, 0.4) is 0 Å². The van der Waals surface area contributed by atoms with Crippen molar-refractivity contribution in [3.63, 3.8) is 0 Å². The van der Waals surface area contributed by atoms with E-state index >= 15 is 0 Å². The number of fused-ring (bicyclic) bond motifs is 1. The molecule has 29 heavy (non-hydrogen) atoms. The molecule has 2 N–H and O–H groups in total. The number of alkyl halides is 3. The molecule has 2 heterocycles. The van der Waals surface area contributed by atoms with Gasteiger partial charge in [-0.2, -0.15) is 13.2 Å². The van der Waals surface area contributed by atoms with Crippen molar-refractivity contribution in [1.82, 2.24) is 4.98 Å². The summed E-state index contributed by atoms with van der Waals surface area (Å²) in [7, 11) is -0.972. The van der Waals surface area contributed by atoms with Gasteiger partial charge < -0.3 is 15.0 Å². The fraction of sp³-hybridized carbons (Fsp3) is 0.100. The normalized spacial score (nSPS) is 13.3. The van der Waals surface area contributed by atoms with Crippen LogP contribution in [0.2, 0.25) is 0 Å². The maximum atomic E-state index is 13.0. The molecule has 0 spiro atoms. The molecule has 0 aliphatic carbocycles. The molecular weight excluding hydrogens is 384 g/mol. The zero-order valence-corrected chi connectivity index (χ0v) is 14.9. The lowest BCUT2D eigenvalue weighted by molar-refractivity contribution is -0.137. The van der Waals surface area contributed by atoms with Crippen LogP contribution in [0.4, 0.5) is 18.9 Å². The van der Waals surface area contributed by atoms with Gasteiger partial charge in [-0.3, -0.25) is 9.78 Å². The van der Waals surface area contributed by atoms with Gasteiger partial charge in [0.05, 0.1) is 12.2 Å². The SMILES string of the molecule is O=C(Nc1ccc2c(c1)COB2O)c1cc(-c2cccc(C(F)(F)F)c2)ccn1. The van der Waals surface area contributed by atoms with Crippen molar-refractivity contribution in [2.45, 2.75) is 12.8 Å². The van der Waals surface area contributed by atoms with Crippen molar-refractivity contribution in [3.8, 4) is 11.1 Å². The first-order chi connectivity index (χ1) is 13.8. The first-order valence-corrected chi connectivity index (χ1v) is 8.69. The van der Waals surface area contributed by atoms with Gasteiger partial charge in [0.25, 0.3) is 5.91 Å². The van der Waals surface area contributed by atoms with E-state index in [0.29, 0.717) is 22.3 Å². The van der Waals surface area contributed by atoms with E-state index in [-0.39, 0.29) is 12.3 Å². The lowest BCUT2D eigenvalue weighted by atomic mass is 9.79. The Morgan fingerprint density at radius 3 is 2.69 bits per heavy atom. The maximum Gasteiger partial charge on any atom is 0.491 e. The van der Waals surface area contributed by atoms with E-state index < -0.39 is 24.8 Å². The van der Waals surface area contributed by atoms with E-state index in [1.54, 1.807) is 24.3 Å². The quantitative estimate of drug-likeness (QED) is 0.665. The van der Waals surface area contributed by atoms with Crippen LogP contribution in [-0.4, -0.2) is 23.0 Å². The number of amides is 1. The molecule has 1 aliphatic heterocycles.